The molecule has 0 spiro atoms. The highest BCUT2D eigenvalue weighted by Gasteiger charge is 2.35. The molecule has 0 saturated carbocycles. The molecular formula is C13H18O3. The molecule has 0 fully saturated rings. The third-order valence-corrected chi connectivity index (χ3v) is 3.45. The van der Waals surface area contributed by atoms with E-state index in [1.807, 2.05) is 0 Å². The van der Waals surface area contributed by atoms with Crippen LogP contribution in [0.4, 0.5) is 0 Å². The molecule has 3 nitrogen and oxygen atoms in total. The number of hydrogen-bond acceptors (Lipinski definition) is 3. The van der Waals surface area contributed by atoms with Crippen molar-refractivity contribution < 1.29 is 14.3 Å². The quantitative estimate of drug-likeness (QED) is 0.674. The largest absolute Gasteiger partial charge is 0.466 e. The molecule has 2 rings (SSSR count). The molecule has 0 aromatic rings. The summed E-state index contributed by atoms with van der Waals surface area (Å²) in [5.74, 6) is -0.291. The summed E-state index contributed by atoms with van der Waals surface area (Å²) in [5.41, 5.74) is 2.02. The van der Waals surface area contributed by atoms with Crippen LogP contribution in [0.25, 0.3) is 0 Å². The summed E-state index contributed by atoms with van der Waals surface area (Å²) in [6.45, 7) is 2.20. The number of ketones is 1. The van der Waals surface area contributed by atoms with Gasteiger partial charge in [-0.05, 0) is 39.0 Å². The van der Waals surface area contributed by atoms with Crippen LogP contribution >= 0.6 is 0 Å². The van der Waals surface area contributed by atoms with Crippen molar-refractivity contribution in [1.82, 2.24) is 0 Å². The van der Waals surface area contributed by atoms with Gasteiger partial charge in [-0.1, -0.05) is 5.57 Å². The second kappa shape index (κ2) is 4.81. The van der Waals surface area contributed by atoms with Crippen molar-refractivity contribution in [2.75, 3.05) is 6.61 Å². The van der Waals surface area contributed by atoms with Crippen LogP contribution in [-0.4, -0.2) is 18.4 Å². The zero-order valence-corrected chi connectivity index (χ0v) is 9.75. The summed E-state index contributed by atoms with van der Waals surface area (Å²) in [4.78, 5) is 23.7. The van der Waals surface area contributed by atoms with Gasteiger partial charge in [0.25, 0.3) is 0 Å². The Morgan fingerprint density at radius 2 is 2.06 bits per heavy atom. The molecule has 0 aromatic heterocycles. The van der Waals surface area contributed by atoms with Crippen LogP contribution in [0.2, 0.25) is 0 Å². The van der Waals surface area contributed by atoms with Gasteiger partial charge < -0.3 is 4.74 Å². The molecule has 0 amide bonds. The molecule has 3 heteroatoms. The van der Waals surface area contributed by atoms with Crippen LogP contribution in [0.5, 0.6) is 0 Å². The third-order valence-electron chi connectivity index (χ3n) is 3.45. The van der Waals surface area contributed by atoms with E-state index in [9.17, 15) is 9.59 Å². The molecule has 1 atom stereocenters. The molecular weight excluding hydrogens is 204 g/mol. The standard InChI is InChI=1S/C13H18O3/c1-2-16-13(15)10-7-3-5-9-6-4-8-11(14)12(9)10/h10H,2-8H2,1H3. The first-order valence-electron chi connectivity index (χ1n) is 6.15. The van der Waals surface area contributed by atoms with Gasteiger partial charge >= 0.3 is 5.97 Å². The normalized spacial score (nSPS) is 25.3. The summed E-state index contributed by atoms with van der Waals surface area (Å²) in [7, 11) is 0. The smallest absolute Gasteiger partial charge is 0.313 e. The summed E-state index contributed by atoms with van der Waals surface area (Å²) in [6.07, 6.45) is 5.34. The minimum atomic E-state index is -0.267. The van der Waals surface area contributed by atoms with E-state index in [2.05, 4.69) is 0 Å². The first-order valence-corrected chi connectivity index (χ1v) is 6.15. The molecule has 0 N–H and O–H groups in total. The van der Waals surface area contributed by atoms with Gasteiger partial charge in [-0.25, -0.2) is 0 Å². The molecule has 2 aliphatic carbocycles. The number of carbonyl (C=O) groups excluding carboxylic acids is 2. The fourth-order valence-corrected chi connectivity index (χ4v) is 2.77. The molecule has 0 bridgehead atoms. The van der Waals surface area contributed by atoms with E-state index in [-0.39, 0.29) is 17.7 Å². The van der Waals surface area contributed by atoms with Gasteiger partial charge in [0.2, 0.25) is 0 Å². The molecule has 0 aromatic carbocycles. The molecule has 0 saturated heterocycles. The van der Waals surface area contributed by atoms with Gasteiger partial charge in [0.1, 0.15) is 0 Å². The van der Waals surface area contributed by atoms with Crippen molar-refractivity contribution in [1.29, 1.82) is 0 Å². The lowest BCUT2D eigenvalue weighted by Crippen LogP contribution is -2.29. The monoisotopic (exact) mass is 222 g/mol. The van der Waals surface area contributed by atoms with Crippen molar-refractivity contribution in [3.8, 4) is 0 Å². The molecule has 1 unspecified atom stereocenters. The summed E-state index contributed by atoms with van der Waals surface area (Å²) in [5, 5.41) is 0. The summed E-state index contributed by atoms with van der Waals surface area (Å²) >= 11 is 0. The van der Waals surface area contributed by atoms with E-state index in [0.717, 1.165) is 37.7 Å². The van der Waals surface area contributed by atoms with Gasteiger partial charge in [0.05, 0.1) is 12.5 Å². The number of carbonyl (C=O) groups is 2. The topological polar surface area (TPSA) is 43.4 Å². The van der Waals surface area contributed by atoms with Crippen LogP contribution in [0.15, 0.2) is 11.1 Å². The lowest BCUT2D eigenvalue weighted by Gasteiger charge is -2.29. The Balaban J connectivity index is 2.25. The number of ether oxygens (including phenoxy) is 1. The Morgan fingerprint density at radius 1 is 1.31 bits per heavy atom. The zero-order chi connectivity index (χ0) is 11.5. The van der Waals surface area contributed by atoms with Crippen molar-refractivity contribution >= 4 is 11.8 Å². The molecule has 88 valence electrons. The Labute approximate surface area is 95.9 Å². The molecule has 0 aliphatic heterocycles. The first kappa shape index (κ1) is 11.4. The lowest BCUT2D eigenvalue weighted by atomic mass is 9.75. The molecule has 0 radical (unpaired) electrons. The minimum Gasteiger partial charge on any atom is -0.466 e. The van der Waals surface area contributed by atoms with E-state index < -0.39 is 0 Å². The number of rotatable bonds is 2. The van der Waals surface area contributed by atoms with Crippen LogP contribution in [0, 0.1) is 5.92 Å². The highest BCUT2D eigenvalue weighted by molar-refractivity contribution is 6.02. The van der Waals surface area contributed by atoms with Gasteiger partial charge in [0, 0.05) is 12.0 Å². The van der Waals surface area contributed by atoms with Gasteiger partial charge in [0.15, 0.2) is 5.78 Å². The van der Waals surface area contributed by atoms with E-state index >= 15 is 0 Å². The third kappa shape index (κ3) is 2.04. The van der Waals surface area contributed by atoms with Gasteiger partial charge in [-0.2, -0.15) is 0 Å². The lowest BCUT2D eigenvalue weighted by molar-refractivity contribution is -0.148. The van der Waals surface area contributed by atoms with Crippen molar-refractivity contribution in [3.63, 3.8) is 0 Å². The van der Waals surface area contributed by atoms with Crippen molar-refractivity contribution in [2.24, 2.45) is 5.92 Å². The predicted molar refractivity (Wildman–Crippen MR) is 59.9 cm³/mol. The summed E-state index contributed by atoms with van der Waals surface area (Å²) in [6, 6.07) is 0. The van der Waals surface area contributed by atoms with Gasteiger partial charge in [-0.3, -0.25) is 9.59 Å². The molecule has 2 aliphatic rings. The predicted octanol–water partition coefficient (Wildman–Crippen LogP) is 2.40. The average molecular weight is 222 g/mol. The van der Waals surface area contributed by atoms with Crippen LogP contribution in [-0.2, 0) is 14.3 Å². The zero-order valence-electron chi connectivity index (χ0n) is 9.75. The number of esters is 1. The van der Waals surface area contributed by atoms with E-state index in [4.69, 9.17) is 4.74 Å². The highest BCUT2D eigenvalue weighted by atomic mass is 16.5. The number of hydrogen-bond donors (Lipinski definition) is 0. The SMILES string of the molecule is CCOC(=O)C1CCCC2=C1C(=O)CCC2. The highest BCUT2D eigenvalue weighted by Crippen LogP contribution is 2.37. The fourth-order valence-electron chi connectivity index (χ4n) is 2.77. The maximum Gasteiger partial charge on any atom is 0.313 e. The van der Waals surface area contributed by atoms with E-state index in [0.29, 0.717) is 13.0 Å². The Morgan fingerprint density at radius 3 is 2.81 bits per heavy atom. The first-order chi connectivity index (χ1) is 7.74. The maximum atomic E-state index is 11.9. The maximum absolute atomic E-state index is 11.9. The number of Topliss-reactive ketones (excluding diaryl/α,β-unsaturated/α-hetero) is 1. The van der Waals surface area contributed by atoms with Crippen molar-refractivity contribution in [2.45, 2.75) is 45.4 Å². The minimum absolute atomic E-state index is 0.180. The Hall–Kier alpha value is -1.12. The Kier molecular flexibility index (Phi) is 3.42. The van der Waals surface area contributed by atoms with Gasteiger partial charge in [-0.15, -0.1) is 0 Å². The van der Waals surface area contributed by atoms with E-state index in [1.54, 1.807) is 6.92 Å². The summed E-state index contributed by atoms with van der Waals surface area (Å²) < 4.78 is 5.05. The Bertz CT molecular complexity index is 337. The second-order valence-electron chi connectivity index (χ2n) is 4.49. The van der Waals surface area contributed by atoms with E-state index in [1.165, 1.54) is 5.57 Å². The molecule has 16 heavy (non-hydrogen) atoms. The molecule has 0 heterocycles. The average Bonchev–Trinajstić information content (AvgIpc) is 2.29. The fraction of sp³-hybridized carbons (Fsp3) is 0.692. The number of allylic oxidation sites excluding steroid dienone is 1. The van der Waals surface area contributed by atoms with Crippen molar-refractivity contribution in [3.05, 3.63) is 11.1 Å². The van der Waals surface area contributed by atoms with Crippen LogP contribution in [0.3, 0.4) is 0 Å². The van der Waals surface area contributed by atoms with Crippen LogP contribution in [0.1, 0.15) is 45.4 Å². The second-order valence-corrected chi connectivity index (χ2v) is 4.49. The van der Waals surface area contributed by atoms with Crippen LogP contribution < -0.4 is 0 Å².